The maximum absolute atomic E-state index is 11.9. The van der Waals surface area contributed by atoms with Gasteiger partial charge in [-0.1, -0.05) is 6.07 Å². The fraction of sp³-hybridized carbons (Fsp3) is 0.200. The van der Waals surface area contributed by atoms with Crippen molar-refractivity contribution in [3.8, 4) is 17.6 Å². The van der Waals surface area contributed by atoms with Crippen molar-refractivity contribution in [3.63, 3.8) is 0 Å². The predicted molar refractivity (Wildman–Crippen MR) is 95.0 cm³/mol. The van der Waals surface area contributed by atoms with E-state index in [1.807, 2.05) is 35.7 Å². The summed E-state index contributed by atoms with van der Waals surface area (Å²) in [7, 11) is 0. The highest BCUT2D eigenvalue weighted by molar-refractivity contribution is 5.71. The molecule has 2 heterocycles. The number of pyridine rings is 1. The summed E-state index contributed by atoms with van der Waals surface area (Å²) in [6, 6.07) is 14.7. The molecule has 0 saturated heterocycles. The predicted octanol–water partition coefficient (Wildman–Crippen LogP) is 3.33. The molecule has 0 radical (unpaired) electrons. The van der Waals surface area contributed by atoms with E-state index in [0.717, 1.165) is 11.3 Å². The van der Waals surface area contributed by atoms with Gasteiger partial charge in [0, 0.05) is 18.0 Å². The quantitative estimate of drug-likeness (QED) is 0.611. The molecule has 0 fully saturated rings. The fourth-order valence-electron chi connectivity index (χ4n) is 2.56. The highest BCUT2D eigenvalue weighted by Crippen LogP contribution is 2.19. The second-order valence-electron chi connectivity index (χ2n) is 5.49. The number of hydrogen-bond acceptors (Lipinski definition) is 5. The standard InChI is InChI=1S/C20H18N2O4/c1-2-24-16-6-8-17(9-7-16)25-14-20(23)26-13-15-12-22-10-4-3-5-19(22)18(15)11-21/h3-10,12H,2,13-14H2,1H3. The van der Waals surface area contributed by atoms with Crippen molar-refractivity contribution in [2.75, 3.05) is 13.2 Å². The van der Waals surface area contributed by atoms with E-state index in [-0.39, 0.29) is 13.2 Å². The number of esters is 1. The van der Waals surface area contributed by atoms with Gasteiger partial charge in [0.25, 0.3) is 0 Å². The minimum atomic E-state index is -0.502. The number of fused-ring (bicyclic) bond motifs is 1. The smallest absolute Gasteiger partial charge is 0.344 e. The molecule has 6 heteroatoms. The minimum absolute atomic E-state index is 0.0239. The van der Waals surface area contributed by atoms with Crippen LogP contribution in [0.3, 0.4) is 0 Å². The first-order valence-corrected chi connectivity index (χ1v) is 8.21. The summed E-state index contributed by atoms with van der Waals surface area (Å²) < 4.78 is 17.8. The van der Waals surface area contributed by atoms with Crippen LogP contribution in [0.2, 0.25) is 0 Å². The zero-order valence-electron chi connectivity index (χ0n) is 14.3. The van der Waals surface area contributed by atoms with Gasteiger partial charge in [-0.15, -0.1) is 0 Å². The minimum Gasteiger partial charge on any atom is -0.494 e. The van der Waals surface area contributed by atoms with Crippen LogP contribution in [0.15, 0.2) is 54.9 Å². The van der Waals surface area contributed by atoms with Gasteiger partial charge >= 0.3 is 5.97 Å². The Bertz CT molecular complexity index is 939. The zero-order valence-corrected chi connectivity index (χ0v) is 14.3. The number of nitrogens with zero attached hydrogens (tertiary/aromatic N) is 2. The lowest BCUT2D eigenvalue weighted by Gasteiger charge is -2.08. The lowest BCUT2D eigenvalue weighted by Crippen LogP contribution is -2.14. The van der Waals surface area contributed by atoms with E-state index < -0.39 is 5.97 Å². The molecule has 3 rings (SSSR count). The van der Waals surface area contributed by atoms with Gasteiger partial charge in [0.15, 0.2) is 6.61 Å². The Morgan fingerprint density at radius 3 is 2.54 bits per heavy atom. The third-order valence-electron chi connectivity index (χ3n) is 3.75. The summed E-state index contributed by atoms with van der Waals surface area (Å²) in [4.78, 5) is 11.9. The van der Waals surface area contributed by atoms with Crippen LogP contribution >= 0.6 is 0 Å². The molecular formula is C20H18N2O4. The van der Waals surface area contributed by atoms with Crippen LogP contribution in [0.4, 0.5) is 0 Å². The molecule has 0 unspecified atom stereocenters. The summed E-state index contributed by atoms with van der Waals surface area (Å²) in [5.74, 6) is 0.794. The number of aromatic nitrogens is 1. The van der Waals surface area contributed by atoms with Crippen molar-refractivity contribution in [1.82, 2.24) is 4.40 Å². The van der Waals surface area contributed by atoms with Crippen LogP contribution in [0.1, 0.15) is 18.1 Å². The SMILES string of the molecule is CCOc1ccc(OCC(=O)OCc2cn3ccccc3c2C#N)cc1. The molecule has 0 aliphatic heterocycles. The van der Waals surface area contributed by atoms with E-state index in [2.05, 4.69) is 6.07 Å². The van der Waals surface area contributed by atoms with Gasteiger partial charge in [-0.25, -0.2) is 4.79 Å². The number of carbonyl (C=O) groups excluding carboxylic acids is 1. The number of carbonyl (C=O) groups is 1. The van der Waals surface area contributed by atoms with Crippen LogP contribution in [0.5, 0.6) is 11.5 Å². The van der Waals surface area contributed by atoms with E-state index in [9.17, 15) is 10.1 Å². The third-order valence-corrected chi connectivity index (χ3v) is 3.75. The van der Waals surface area contributed by atoms with Crippen LogP contribution in [0.25, 0.3) is 5.52 Å². The molecule has 0 amide bonds. The van der Waals surface area contributed by atoms with E-state index in [1.165, 1.54) is 0 Å². The number of nitriles is 1. The molecule has 132 valence electrons. The summed E-state index contributed by atoms with van der Waals surface area (Å²) >= 11 is 0. The van der Waals surface area contributed by atoms with Crippen molar-refractivity contribution in [3.05, 3.63) is 66.0 Å². The number of rotatable bonds is 7. The lowest BCUT2D eigenvalue weighted by molar-refractivity contribution is -0.147. The van der Waals surface area contributed by atoms with E-state index in [0.29, 0.717) is 23.5 Å². The van der Waals surface area contributed by atoms with Gasteiger partial charge in [-0.05, 0) is 43.3 Å². The Balaban J connectivity index is 1.55. The molecule has 6 nitrogen and oxygen atoms in total. The Hall–Kier alpha value is -3.46. The van der Waals surface area contributed by atoms with Crippen molar-refractivity contribution in [1.29, 1.82) is 5.26 Å². The largest absolute Gasteiger partial charge is 0.494 e. The molecule has 0 bridgehead atoms. The average molecular weight is 350 g/mol. The fourth-order valence-corrected chi connectivity index (χ4v) is 2.56. The Kier molecular flexibility index (Phi) is 5.40. The van der Waals surface area contributed by atoms with Crippen LogP contribution in [-0.2, 0) is 16.1 Å². The van der Waals surface area contributed by atoms with Crippen LogP contribution < -0.4 is 9.47 Å². The molecule has 0 aliphatic rings. The lowest BCUT2D eigenvalue weighted by atomic mass is 10.2. The van der Waals surface area contributed by atoms with Gasteiger partial charge in [0.05, 0.1) is 17.7 Å². The second-order valence-corrected chi connectivity index (χ2v) is 5.49. The van der Waals surface area contributed by atoms with E-state index >= 15 is 0 Å². The second kappa shape index (κ2) is 8.08. The summed E-state index contributed by atoms with van der Waals surface area (Å²) in [5, 5.41) is 9.34. The van der Waals surface area contributed by atoms with Crippen molar-refractivity contribution in [2.45, 2.75) is 13.5 Å². The number of hydrogen-bond donors (Lipinski definition) is 0. The molecule has 0 atom stereocenters. The van der Waals surface area contributed by atoms with E-state index in [1.54, 1.807) is 30.5 Å². The molecule has 2 aromatic heterocycles. The molecule has 0 N–H and O–H groups in total. The average Bonchev–Trinajstić information content (AvgIpc) is 3.03. The normalized spacial score (nSPS) is 10.3. The molecule has 0 spiro atoms. The van der Waals surface area contributed by atoms with Crippen molar-refractivity contribution in [2.24, 2.45) is 0 Å². The van der Waals surface area contributed by atoms with E-state index in [4.69, 9.17) is 14.2 Å². The first-order chi connectivity index (χ1) is 12.7. The van der Waals surface area contributed by atoms with Gasteiger partial charge in [-0.2, -0.15) is 5.26 Å². The summed E-state index contributed by atoms with van der Waals surface area (Å²) in [6.07, 6.45) is 3.63. The Morgan fingerprint density at radius 2 is 1.85 bits per heavy atom. The van der Waals surface area contributed by atoms with Gasteiger partial charge in [-0.3, -0.25) is 0 Å². The van der Waals surface area contributed by atoms with Crippen LogP contribution in [0, 0.1) is 11.3 Å². The molecular weight excluding hydrogens is 332 g/mol. The van der Waals surface area contributed by atoms with Crippen LogP contribution in [-0.4, -0.2) is 23.6 Å². The zero-order chi connectivity index (χ0) is 18.4. The third kappa shape index (κ3) is 3.95. The first-order valence-electron chi connectivity index (χ1n) is 8.21. The number of benzene rings is 1. The maximum atomic E-state index is 11.9. The molecule has 1 aromatic carbocycles. The highest BCUT2D eigenvalue weighted by Gasteiger charge is 2.12. The Morgan fingerprint density at radius 1 is 1.12 bits per heavy atom. The van der Waals surface area contributed by atoms with Crippen molar-refractivity contribution < 1.29 is 19.0 Å². The topological polar surface area (TPSA) is 73.0 Å². The molecule has 0 aliphatic carbocycles. The number of ether oxygens (including phenoxy) is 3. The van der Waals surface area contributed by atoms with Gasteiger partial charge in [0.1, 0.15) is 24.2 Å². The van der Waals surface area contributed by atoms with Gasteiger partial charge < -0.3 is 18.6 Å². The monoisotopic (exact) mass is 350 g/mol. The van der Waals surface area contributed by atoms with Gasteiger partial charge in [0.2, 0.25) is 0 Å². The first kappa shape index (κ1) is 17.4. The van der Waals surface area contributed by atoms with Crippen molar-refractivity contribution >= 4 is 11.5 Å². The summed E-state index contributed by atoms with van der Waals surface area (Å²) in [5.41, 5.74) is 1.95. The summed E-state index contributed by atoms with van der Waals surface area (Å²) in [6.45, 7) is 2.32. The molecule has 26 heavy (non-hydrogen) atoms. The highest BCUT2D eigenvalue weighted by atomic mass is 16.6. The maximum Gasteiger partial charge on any atom is 0.344 e. The molecule has 0 saturated carbocycles. The molecule has 3 aromatic rings. The Labute approximate surface area is 151 Å².